The van der Waals surface area contributed by atoms with Gasteiger partial charge in [-0.25, -0.2) is 9.59 Å². The first kappa shape index (κ1) is 17.3. The molecule has 124 valence electrons. The Labute approximate surface area is 140 Å². The molecule has 0 aromatic heterocycles. The highest BCUT2D eigenvalue weighted by Crippen LogP contribution is 2.20. The van der Waals surface area contributed by atoms with E-state index in [1.165, 1.54) is 32.4 Å². The van der Waals surface area contributed by atoms with Gasteiger partial charge in [-0.1, -0.05) is 36.9 Å². The molecule has 0 atom stereocenters. The molecule has 0 saturated carbocycles. The van der Waals surface area contributed by atoms with Crippen molar-refractivity contribution in [3.05, 3.63) is 71.3 Å². The lowest BCUT2D eigenvalue weighted by Gasteiger charge is -2.10. The topological polar surface area (TPSA) is 61.8 Å². The second-order valence-corrected chi connectivity index (χ2v) is 4.96. The van der Waals surface area contributed by atoms with E-state index >= 15 is 0 Å². The first-order valence-electron chi connectivity index (χ1n) is 7.23. The number of benzene rings is 2. The molecule has 2 aromatic rings. The Kier molecular flexibility index (Phi) is 5.73. The fraction of sp³-hybridized carbons (Fsp3) is 0.158. The maximum atomic E-state index is 11.7. The predicted molar refractivity (Wildman–Crippen MR) is 90.0 cm³/mol. The molecule has 0 unspecified atom stereocenters. The van der Waals surface area contributed by atoms with Crippen LogP contribution in [0, 0.1) is 0 Å². The van der Waals surface area contributed by atoms with Crippen LogP contribution in [0.15, 0.2) is 49.0 Å². The lowest BCUT2D eigenvalue weighted by molar-refractivity contribution is 0.0598. The quantitative estimate of drug-likeness (QED) is 0.761. The Bertz CT molecular complexity index is 713. The molecular formula is C19H18O5. The first-order valence-corrected chi connectivity index (χ1v) is 7.23. The highest BCUT2D eigenvalue weighted by atomic mass is 16.5. The maximum absolute atomic E-state index is 11.7. The standard InChI is InChI=1S/C19H18O5/c1-4-13-5-7-14(8-6-13)12-24-17-10-15(18(20)22-2)9-16(11-17)19(21)23-3/h4-11H,1,12H2,2-3H3. The summed E-state index contributed by atoms with van der Waals surface area (Å²) in [5, 5.41) is 0. The number of carbonyl (C=O) groups excluding carboxylic acids is 2. The summed E-state index contributed by atoms with van der Waals surface area (Å²) in [4.78, 5) is 23.5. The molecule has 0 bridgehead atoms. The van der Waals surface area contributed by atoms with E-state index in [2.05, 4.69) is 6.58 Å². The third kappa shape index (κ3) is 4.23. The summed E-state index contributed by atoms with van der Waals surface area (Å²) in [6.45, 7) is 4.00. The molecule has 2 aromatic carbocycles. The molecule has 0 N–H and O–H groups in total. The average Bonchev–Trinajstić information content (AvgIpc) is 2.65. The molecule has 0 spiro atoms. The normalized spacial score (nSPS) is 9.92. The Hall–Kier alpha value is -3.08. The van der Waals surface area contributed by atoms with Crippen LogP contribution < -0.4 is 4.74 Å². The summed E-state index contributed by atoms with van der Waals surface area (Å²) in [6.07, 6.45) is 1.76. The monoisotopic (exact) mass is 326 g/mol. The van der Waals surface area contributed by atoms with Gasteiger partial charge in [-0.15, -0.1) is 0 Å². The summed E-state index contributed by atoms with van der Waals surface area (Å²) in [5.74, 6) is -0.729. The number of rotatable bonds is 6. The van der Waals surface area contributed by atoms with E-state index in [1.54, 1.807) is 6.08 Å². The molecular weight excluding hydrogens is 308 g/mol. The molecule has 5 nitrogen and oxygen atoms in total. The molecule has 0 aliphatic carbocycles. The van der Waals surface area contributed by atoms with Gasteiger partial charge in [0.25, 0.3) is 0 Å². The molecule has 0 saturated heterocycles. The second-order valence-electron chi connectivity index (χ2n) is 4.96. The molecule has 24 heavy (non-hydrogen) atoms. The summed E-state index contributed by atoms with van der Waals surface area (Å²) in [5.41, 5.74) is 2.40. The van der Waals surface area contributed by atoms with E-state index in [0.717, 1.165) is 11.1 Å². The van der Waals surface area contributed by atoms with Gasteiger partial charge in [0, 0.05) is 0 Å². The summed E-state index contributed by atoms with van der Waals surface area (Å²) < 4.78 is 15.1. The predicted octanol–water partition coefficient (Wildman–Crippen LogP) is 3.48. The molecule has 5 heteroatoms. The van der Waals surface area contributed by atoms with Crippen molar-refractivity contribution in [2.75, 3.05) is 14.2 Å². The van der Waals surface area contributed by atoms with Gasteiger partial charge in [-0.2, -0.15) is 0 Å². The molecule has 0 radical (unpaired) electrons. The third-order valence-electron chi connectivity index (χ3n) is 3.37. The Morgan fingerprint density at radius 3 is 1.96 bits per heavy atom. The fourth-order valence-corrected chi connectivity index (χ4v) is 2.07. The molecule has 0 aliphatic heterocycles. The zero-order valence-electron chi connectivity index (χ0n) is 13.6. The van der Waals surface area contributed by atoms with E-state index in [9.17, 15) is 9.59 Å². The number of hydrogen-bond donors (Lipinski definition) is 0. The van der Waals surface area contributed by atoms with Crippen molar-refractivity contribution < 1.29 is 23.8 Å². The van der Waals surface area contributed by atoms with Crippen LogP contribution in [-0.4, -0.2) is 26.2 Å². The Balaban J connectivity index is 2.22. The van der Waals surface area contributed by atoms with Crippen LogP contribution in [0.2, 0.25) is 0 Å². The number of hydrogen-bond acceptors (Lipinski definition) is 5. The SMILES string of the molecule is C=Cc1ccc(COc2cc(C(=O)OC)cc(C(=O)OC)c2)cc1. The van der Waals surface area contributed by atoms with E-state index in [0.29, 0.717) is 12.4 Å². The average molecular weight is 326 g/mol. The minimum atomic E-state index is -0.555. The molecule has 0 amide bonds. The lowest BCUT2D eigenvalue weighted by Crippen LogP contribution is -2.07. The summed E-state index contributed by atoms with van der Waals surface area (Å²) in [6, 6.07) is 12.1. The van der Waals surface area contributed by atoms with Crippen LogP contribution >= 0.6 is 0 Å². The largest absolute Gasteiger partial charge is 0.489 e. The molecule has 0 heterocycles. The van der Waals surface area contributed by atoms with Crippen molar-refractivity contribution in [1.82, 2.24) is 0 Å². The van der Waals surface area contributed by atoms with Crippen LogP contribution in [0.1, 0.15) is 31.8 Å². The van der Waals surface area contributed by atoms with Crippen molar-refractivity contribution in [3.8, 4) is 5.75 Å². The second kappa shape index (κ2) is 7.97. The third-order valence-corrected chi connectivity index (χ3v) is 3.37. The van der Waals surface area contributed by atoms with Gasteiger partial charge in [0.2, 0.25) is 0 Å². The van der Waals surface area contributed by atoms with Gasteiger partial charge >= 0.3 is 11.9 Å². The zero-order chi connectivity index (χ0) is 17.5. The van der Waals surface area contributed by atoms with E-state index in [-0.39, 0.29) is 11.1 Å². The number of ether oxygens (including phenoxy) is 3. The van der Waals surface area contributed by atoms with Crippen molar-refractivity contribution >= 4 is 18.0 Å². The fourth-order valence-electron chi connectivity index (χ4n) is 2.07. The van der Waals surface area contributed by atoms with Crippen molar-refractivity contribution in [2.24, 2.45) is 0 Å². The Morgan fingerprint density at radius 2 is 1.50 bits per heavy atom. The van der Waals surface area contributed by atoms with E-state index in [4.69, 9.17) is 14.2 Å². The van der Waals surface area contributed by atoms with Gasteiger partial charge in [-0.05, 0) is 29.3 Å². The van der Waals surface area contributed by atoms with Crippen LogP contribution in [-0.2, 0) is 16.1 Å². The van der Waals surface area contributed by atoms with Crippen LogP contribution in [0.3, 0.4) is 0 Å². The van der Waals surface area contributed by atoms with Crippen molar-refractivity contribution in [3.63, 3.8) is 0 Å². The van der Waals surface area contributed by atoms with Gasteiger partial charge in [0.1, 0.15) is 12.4 Å². The molecule has 2 rings (SSSR count). The van der Waals surface area contributed by atoms with Crippen LogP contribution in [0.4, 0.5) is 0 Å². The lowest BCUT2D eigenvalue weighted by atomic mass is 10.1. The smallest absolute Gasteiger partial charge is 0.338 e. The maximum Gasteiger partial charge on any atom is 0.338 e. The summed E-state index contributed by atoms with van der Waals surface area (Å²) >= 11 is 0. The van der Waals surface area contributed by atoms with Gasteiger partial charge < -0.3 is 14.2 Å². The minimum absolute atomic E-state index is 0.220. The number of esters is 2. The number of methoxy groups -OCH3 is 2. The van der Waals surface area contributed by atoms with Crippen LogP contribution in [0.25, 0.3) is 6.08 Å². The van der Waals surface area contributed by atoms with Gasteiger partial charge in [0.05, 0.1) is 25.3 Å². The zero-order valence-corrected chi connectivity index (χ0v) is 13.6. The highest BCUT2D eigenvalue weighted by Gasteiger charge is 2.14. The van der Waals surface area contributed by atoms with Crippen molar-refractivity contribution in [2.45, 2.75) is 6.61 Å². The highest BCUT2D eigenvalue weighted by molar-refractivity contribution is 5.96. The number of carbonyl (C=O) groups is 2. The summed E-state index contributed by atoms with van der Waals surface area (Å²) in [7, 11) is 2.55. The molecule has 0 fully saturated rings. The minimum Gasteiger partial charge on any atom is -0.489 e. The molecule has 0 aliphatic rings. The van der Waals surface area contributed by atoms with Gasteiger partial charge in [-0.3, -0.25) is 0 Å². The first-order chi connectivity index (χ1) is 11.6. The van der Waals surface area contributed by atoms with Crippen LogP contribution in [0.5, 0.6) is 5.75 Å². The van der Waals surface area contributed by atoms with Gasteiger partial charge in [0.15, 0.2) is 0 Å². The van der Waals surface area contributed by atoms with Crippen molar-refractivity contribution in [1.29, 1.82) is 0 Å². The van der Waals surface area contributed by atoms with E-state index in [1.807, 2.05) is 24.3 Å². The Morgan fingerprint density at radius 1 is 0.958 bits per heavy atom. The van der Waals surface area contributed by atoms with E-state index < -0.39 is 11.9 Å².